The number of hydrogen-bond donors (Lipinski definition) is 3. The fourth-order valence-electron chi connectivity index (χ4n) is 1.93. The van der Waals surface area contributed by atoms with Gasteiger partial charge in [-0.3, -0.25) is 4.79 Å². The smallest absolute Gasteiger partial charge is 0.322 e. The third kappa shape index (κ3) is 3.19. The minimum atomic E-state index is -0.672. The quantitative estimate of drug-likeness (QED) is 0.710. The maximum absolute atomic E-state index is 12.8. The summed E-state index contributed by atoms with van der Waals surface area (Å²) in [6.07, 6.45) is 0. The molecule has 0 saturated carbocycles. The van der Waals surface area contributed by atoms with Crippen LogP contribution in [0, 0.1) is 5.82 Å². The summed E-state index contributed by atoms with van der Waals surface area (Å²) in [4.78, 5) is 24.7. The standard InChI is InChI=1S/C12H15FN4O2/c13-8-1-3-9(4-2-8)16-12(19)17-6-5-15-7-10(17)11(14)18/h1-4,10,15H,5-7H2,(H2,14,18)(H,16,19). The van der Waals surface area contributed by atoms with E-state index in [1.165, 1.54) is 29.2 Å². The van der Waals surface area contributed by atoms with Gasteiger partial charge in [-0.05, 0) is 24.3 Å². The first-order valence-corrected chi connectivity index (χ1v) is 5.91. The lowest BCUT2D eigenvalue weighted by Crippen LogP contribution is -2.59. The van der Waals surface area contributed by atoms with Gasteiger partial charge in [0.1, 0.15) is 11.9 Å². The molecule has 0 radical (unpaired) electrons. The topological polar surface area (TPSA) is 87.5 Å². The maximum Gasteiger partial charge on any atom is 0.322 e. The third-order valence-electron chi connectivity index (χ3n) is 2.93. The molecule has 19 heavy (non-hydrogen) atoms. The normalized spacial score (nSPS) is 19.0. The molecule has 1 saturated heterocycles. The molecular weight excluding hydrogens is 251 g/mol. The van der Waals surface area contributed by atoms with E-state index >= 15 is 0 Å². The van der Waals surface area contributed by atoms with Crippen LogP contribution in [0.3, 0.4) is 0 Å². The molecule has 1 aromatic rings. The van der Waals surface area contributed by atoms with E-state index in [2.05, 4.69) is 10.6 Å². The Balaban J connectivity index is 2.05. The van der Waals surface area contributed by atoms with Crippen molar-refractivity contribution in [2.45, 2.75) is 6.04 Å². The molecule has 1 heterocycles. The van der Waals surface area contributed by atoms with E-state index in [1.54, 1.807) is 0 Å². The maximum atomic E-state index is 12.8. The molecule has 1 aliphatic rings. The monoisotopic (exact) mass is 266 g/mol. The van der Waals surface area contributed by atoms with Gasteiger partial charge in [-0.2, -0.15) is 0 Å². The van der Waals surface area contributed by atoms with E-state index in [9.17, 15) is 14.0 Å². The fourth-order valence-corrected chi connectivity index (χ4v) is 1.93. The van der Waals surface area contributed by atoms with Crippen LogP contribution in [0.5, 0.6) is 0 Å². The van der Waals surface area contributed by atoms with Crippen molar-refractivity contribution in [1.29, 1.82) is 0 Å². The van der Waals surface area contributed by atoms with Gasteiger partial charge in [-0.15, -0.1) is 0 Å². The number of amides is 3. The largest absolute Gasteiger partial charge is 0.368 e. The lowest BCUT2D eigenvalue weighted by molar-refractivity contribution is -0.122. The van der Waals surface area contributed by atoms with Crippen molar-refractivity contribution < 1.29 is 14.0 Å². The fraction of sp³-hybridized carbons (Fsp3) is 0.333. The number of nitrogens with zero attached hydrogens (tertiary/aromatic N) is 1. The Bertz CT molecular complexity index is 477. The molecule has 102 valence electrons. The summed E-state index contributed by atoms with van der Waals surface area (Å²) in [6.45, 7) is 1.33. The Morgan fingerprint density at radius 1 is 1.37 bits per heavy atom. The molecule has 1 unspecified atom stereocenters. The number of primary amides is 1. The second-order valence-corrected chi connectivity index (χ2v) is 4.25. The Kier molecular flexibility index (Phi) is 3.96. The lowest BCUT2D eigenvalue weighted by Gasteiger charge is -2.34. The summed E-state index contributed by atoms with van der Waals surface area (Å²) in [5.74, 6) is -0.934. The van der Waals surface area contributed by atoms with Crippen molar-refractivity contribution in [3.05, 3.63) is 30.1 Å². The van der Waals surface area contributed by atoms with Crippen LogP contribution in [-0.2, 0) is 4.79 Å². The van der Waals surface area contributed by atoms with Gasteiger partial charge in [0, 0.05) is 25.3 Å². The summed E-state index contributed by atoms with van der Waals surface area (Å²) < 4.78 is 12.8. The van der Waals surface area contributed by atoms with Crippen LogP contribution >= 0.6 is 0 Å². The van der Waals surface area contributed by atoms with Crippen LogP contribution in [-0.4, -0.2) is 42.5 Å². The zero-order valence-electron chi connectivity index (χ0n) is 10.2. The highest BCUT2D eigenvalue weighted by atomic mass is 19.1. The number of nitrogens with two attached hydrogens (primary N) is 1. The van der Waals surface area contributed by atoms with E-state index in [-0.39, 0.29) is 5.82 Å². The molecule has 1 aliphatic heterocycles. The van der Waals surface area contributed by atoms with Crippen molar-refractivity contribution in [1.82, 2.24) is 10.2 Å². The first kappa shape index (κ1) is 13.3. The predicted octanol–water partition coefficient (Wildman–Crippen LogP) is 0.117. The molecule has 0 aromatic heterocycles. The zero-order valence-corrected chi connectivity index (χ0v) is 10.2. The first-order chi connectivity index (χ1) is 9.08. The Hall–Kier alpha value is -2.15. The van der Waals surface area contributed by atoms with Crippen molar-refractivity contribution in [3.63, 3.8) is 0 Å². The van der Waals surface area contributed by atoms with Crippen LogP contribution in [0.2, 0.25) is 0 Å². The Morgan fingerprint density at radius 3 is 2.68 bits per heavy atom. The summed E-state index contributed by atoms with van der Waals surface area (Å²) in [6, 6.07) is 4.31. The molecule has 1 fully saturated rings. The van der Waals surface area contributed by atoms with E-state index in [0.717, 1.165) is 0 Å². The Labute approximate surface area is 109 Å². The van der Waals surface area contributed by atoms with Gasteiger partial charge < -0.3 is 21.3 Å². The van der Waals surface area contributed by atoms with Gasteiger partial charge in [0.05, 0.1) is 0 Å². The molecule has 1 aromatic carbocycles. The number of rotatable bonds is 2. The highest BCUT2D eigenvalue weighted by molar-refractivity contribution is 5.93. The first-order valence-electron chi connectivity index (χ1n) is 5.91. The molecule has 0 spiro atoms. The summed E-state index contributed by atoms with van der Waals surface area (Å²) in [7, 11) is 0. The average Bonchev–Trinajstić information content (AvgIpc) is 2.41. The van der Waals surface area contributed by atoms with Crippen LogP contribution in [0.1, 0.15) is 0 Å². The van der Waals surface area contributed by atoms with Gasteiger partial charge in [0.15, 0.2) is 0 Å². The van der Waals surface area contributed by atoms with Gasteiger partial charge >= 0.3 is 6.03 Å². The summed E-state index contributed by atoms with van der Waals surface area (Å²) in [5.41, 5.74) is 5.72. The highest BCUT2D eigenvalue weighted by Gasteiger charge is 2.30. The van der Waals surface area contributed by atoms with E-state index in [4.69, 9.17) is 5.73 Å². The molecule has 6 nitrogen and oxygen atoms in total. The number of halogens is 1. The van der Waals surface area contributed by atoms with E-state index < -0.39 is 18.0 Å². The zero-order chi connectivity index (χ0) is 13.8. The number of carbonyl (C=O) groups is 2. The molecule has 1 atom stereocenters. The summed E-state index contributed by atoms with van der Waals surface area (Å²) in [5, 5.41) is 5.61. The van der Waals surface area contributed by atoms with E-state index in [0.29, 0.717) is 25.3 Å². The van der Waals surface area contributed by atoms with Crippen molar-refractivity contribution in [2.75, 3.05) is 25.0 Å². The van der Waals surface area contributed by atoms with Gasteiger partial charge in [-0.25, -0.2) is 9.18 Å². The molecule has 0 aliphatic carbocycles. The molecule has 3 amide bonds. The van der Waals surface area contributed by atoms with Gasteiger partial charge in [-0.1, -0.05) is 0 Å². The molecule has 2 rings (SSSR count). The lowest BCUT2D eigenvalue weighted by atomic mass is 10.2. The van der Waals surface area contributed by atoms with Gasteiger partial charge in [0.2, 0.25) is 5.91 Å². The second kappa shape index (κ2) is 5.66. The second-order valence-electron chi connectivity index (χ2n) is 4.25. The number of anilines is 1. The van der Waals surface area contributed by atoms with E-state index in [1.807, 2.05) is 0 Å². The average molecular weight is 266 g/mol. The van der Waals surface area contributed by atoms with Crippen LogP contribution in [0.25, 0.3) is 0 Å². The molecular formula is C12H15FN4O2. The highest BCUT2D eigenvalue weighted by Crippen LogP contribution is 2.11. The van der Waals surface area contributed by atoms with Crippen LogP contribution < -0.4 is 16.4 Å². The number of urea groups is 1. The minimum Gasteiger partial charge on any atom is -0.368 e. The SMILES string of the molecule is NC(=O)C1CNCCN1C(=O)Nc1ccc(F)cc1. The number of carbonyl (C=O) groups excluding carboxylic acids is 2. The Morgan fingerprint density at radius 2 is 2.05 bits per heavy atom. The van der Waals surface area contributed by atoms with Crippen LogP contribution in [0.15, 0.2) is 24.3 Å². The molecule has 0 bridgehead atoms. The number of benzene rings is 1. The summed E-state index contributed by atoms with van der Waals surface area (Å²) >= 11 is 0. The molecule has 7 heteroatoms. The third-order valence-corrected chi connectivity index (χ3v) is 2.93. The number of hydrogen-bond acceptors (Lipinski definition) is 3. The van der Waals surface area contributed by atoms with Crippen molar-refractivity contribution >= 4 is 17.6 Å². The number of piperazine rings is 1. The predicted molar refractivity (Wildman–Crippen MR) is 68.0 cm³/mol. The van der Waals surface area contributed by atoms with Crippen molar-refractivity contribution in [2.24, 2.45) is 5.73 Å². The van der Waals surface area contributed by atoms with Crippen LogP contribution in [0.4, 0.5) is 14.9 Å². The number of nitrogens with one attached hydrogen (secondary N) is 2. The molecule has 4 N–H and O–H groups in total. The minimum absolute atomic E-state index is 0.339. The van der Waals surface area contributed by atoms with Gasteiger partial charge in [0.25, 0.3) is 0 Å². The van der Waals surface area contributed by atoms with Crippen molar-refractivity contribution in [3.8, 4) is 0 Å².